The summed E-state index contributed by atoms with van der Waals surface area (Å²) in [5.41, 5.74) is 5.31. The summed E-state index contributed by atoms with van der Waals surface area (Å²) in [5, 5.41) is 2.79. The number of aryl methyl sites for hydroxylation is 2. The van der Waals surface area contributed by atoms with Crippen molar-refractivity contribution >= 4 is 28.8 Å². The molecule has 0 bridgehead atoms. The second-order valence-electron chi connectivity index (χ2n) is 8.61. The predicted octanol–water partition coefficient (Wildman–Crippen LogP) is 3.22. The number of piperazine rings is 1. The highest BCUT2D eigenvalue weighted by Crippen LogP contribution is 2.45. The molecule has 1 atom stereocenters. The van der Waals surface area contributed by atoms with Crippen molar-refractivity contribution in [3.63, 3.8) is 0 Å². The third-order valence-electron chi connectivity index (χ3n) is 6.31. The van der Waals surface area contributed by atoms with Crippen molar-refractivity contribution < 1.29 is 14.3 Å². The van der Waals surface area contributed by atoms with Crippen LogP contribution < -0.4 is 0 Å². The smallest absolute Gasteiger partial charge is 0.338 e. The van der Waals surface area contributed by atoms with Gasteiger partial charge in [-0.25, -0.2) is 9.79 Å². The van der Waals surface area contributed by atoms with Crippen LogP contribution in [0.2, 0.25) is 0 Å². The second kappa shape index (κ2) is 9.11. The number of carbonyl (C=O) groups excluding carboxylic acids is 2. The number of fused-ring (bicyclic) bond motifs is 1. The maximum atomic E-state index is 13.1. The van der Waals surface area contributed by atoms with E-state index in [1.54, 1.807) is 0 Å². The lowest BCUT2D eigenvalue weighted by atomic mass is 9.90. The number of carbonyl (C=O) groups is 2. The van der Waals surface area contributed by atoms with Crippen LogP contribution in [0.3, 0.4) is 0 Å². The van der Waals surface area contributed by atoms with Gasteiger partial charge >= 0.3 is 5.97 Å². The van der Waals surface area contributed by atoms with Crippen molar-refractivity contribution in [3.8, 4) is 0 Å². The van der Waals surface area contributed by atoms with E-state index < -0.39 is 5.97 Å². The zero-order valence-electron chi connectivity index (χ0n) is 19.3. The first kappa shape index (κ1) is 22.6. The van der Waals surface area contributed by atoms with Crippen molar-refractivity contribution in [2.45, 2.75) is 33.2 Å². The van der Waals surface area contributed by atoms with Crippen LogP contribution in [0.4, 0.5) is 0 Å². The first-order valence-corrected chi connectivity index (χ1v) is 11.7. The number of ether oxygens (including phenoxy) is 1. The number of amides is 1. The molecule has 1 aromatic rings. The monoisotopic (exact) mass is 454 g/mol. The molecular formula is C24H30N4O3S. The summed E-state index contributed by atoms with van der Waals surface area (Å²) in [4.78, 5) is 36.9. The van der Waals surface area contributed by atoms with E-state index in [4.69, 9.17) is 9.73 Å². The molecular weight excluding hydrogens is 424 g/mol. The molecule has 0 aromatic heterocycles. The van der Waals surface area contributed by atoms with Gasteiger partial charge in [-0.15, -0.1) is 0 Å². The Balaban J connectivity index is 1.69. The maximum Gasteiger partial charge on any atom is 0.338 e. The van der Waals surface area contributed by atoms with Crippen LogP contribution in [0.5, 0.6) is 0 Å². The molecule has 3 aliphatic rings. The Morgan fingerprint density at radius 3 is 2.53 bits per heavy atom. The van der Waals surface area contributed by atoms with E-state index in [1.165, 1.54) is 18.9 Å². The van der Waals surface area contributed by atoms with Gasteiger partial charge < -0.3 is 19.4 Å². The van der Waals surface area contributed by atoms with Gasteiger partial charge in [0.2, 0.25) is 5.91 Å². The number of benzene rings is 1. The van der Waals surface area contributed by atoms with E-state index in [0.29, 0.717) is 11.3 Å². The van der Waals surface area contributed by atoms with E-state index in [-0.39, 0.29) is 18.4 Å². The standard InChI is InChI=1S/C24H30N4O3S/c1-15-6-7-19(16(2)12-15)22-21(23(30)31-5)17(3)25-24-28(22)18(14-32-24)13-20(29)27-10-8-26(4)9-11-27/h6-7,12,14,22H,8-11,13H2,1-5H3. The summed E-state index contributed by atoms with van der Waals surface area (Å²) < 4.78 is 5.15. The van der Waals surface area contributed by atoms with E-state index in [1.807, 2.05) is 17.2 Å². The summed E-state index contributed by atoms with van der Waals surface area (Å²) in [7, 11) is 3.47. The summed E-state index contributed by atoms with van der Waals surface area (Å²) in [5.74, 6) is -0.284. The number of amidine groups is 1. The molecule has 0 spiro atoms. The molecule has 1 aromatic carbocycles. The number of esters is 1. The van der Waals surface area contributed by atoms with Crippen LogP contribution in [-0.2, 0) is 14.3 Å². The van der Waals surface area contributed by atoms with Crippen molar-refractivity contribution in [3.05, 3.63) is 57.3 Å². The van der Waals surface area contributed by atoms with Crippen molar-refractivity contribution in [1.29, 1.82) is 0 Å². The highest BCUT2D eigenvalue weighted by molar-refractivity contribution is 8.16. The average molecular weight is 455 g/mol. The fraction of sp³-hybridized carbons (Fsp3) is 0.458. The van der Waals surface area contributed by atoms with Gasteiger partial charge in [-0.05, 0) is 44.4 Å². The molecule has 7 nitrogen and oxygen atoms in total. The number of rotatable bonds is 4. The van der Waals surface area contributed by atoms with Gasteiger partial charge in [0.05, 0.1) is 30.8 Å². The Bertz CT molecular complexity index is 1040. The summed E-state index contributed by atoms with van der Waals surface area (Å²) >= 11 is 1.50. The van der Waals surface area contributed by atoms with Crippen LogP contribution in [0.1, 0.15) is 36.1 Å². The Labute approximate surface area is 193 Å². The lowest BCUT2D eigenvalue weighted by Crippen LogP contribution is -2.47. The van der Waals surface area contributed by atoms with Crippen LogP contribution in [-0.4, -0.2) is 72.1 Å². The Morgan fingerprint density at radius 1 is 1.16 bits per heavy atom. The highest BCUT2D eigenvalue weighted by Gasteiger charge is 2.41. The van der Waals surface area contributed by atoms with Crippen molar-refractivity contribution in [2.24, 2.45) is 4.99 Å². The molecule has 3 aliphatic heterocycles. The summed E-state index contributed by atoms with van der Waals surface area (Å²) in [6, 6.07) is 5.86. The molecule has 1 amide bonds. The molecule has 3 heterocycles. The van der Waals surface area contributed by atoms with E-state index >= 15 is 0 Å². The minimum Gasteiger partial charge on any atom is -0.466 e. The van der Waals surface area contributed by atoms with Crippen LogP contribution in [0.15, 0.2) is 45.6 Å². The molecule has 0 saturated carbocycles. The van der Waals surface area contributed by atoms with Gasteiger partial charge in [-0.2, -0.15) is 0 Å². The Morgan fingerprint density at radius 2 is 1.88 bits per heavy atom. The maximum absolute atomic E-state index is 13.1. The summed E-state index contributed by atoms with van der Waals surface area (Å²) in [6.07, 6.45) is 0.282. The zero-order valence-corrected chi connectivity index (χ0v) is 20.2. The molecule has 0 aliphatic carbocycles. The number of allylic oxidation sites excluding steroid dienone is 1. The minimum absolute atomic E-state index is 0.108. The van der Waals surface area contributed by atoms with E-state index in [9.17, 15) is 9.59 Å². The SMILES string of the molecule is COC(=O)C1=C(C)N=C2SC=C(CC(=O)N3CCN(C)CC3)N2C1c1ccc(C)cc1C. The van der Waals surface area contributed by atoms with Crippen molar-refractivity contribution in [1.82, 2.24) is 14.7 Å². The highest BCUT2D eigenvalue weighted by atomic mass is 32.2. The molecule has 8 heteroatoms. The average Bonchev–Trinajstić information content (AvgIpc) is 3.15. The predicted molar refractivity (Wildman–Crippen MR) is 127 cm³/mol. The molecule has 170 valence electrons. The van der Waals surface area contributed by atoms with Gasteiger partial charge in [-0.3, -0.25) is 4.79 Å². The quantitative estimate of drug-likeness (QED) is 0.651. The molecule has 1 saturated heterocycles. The number of thioether (sulfide) groups is 1. The number of aliphatic imine (C=N–C) groups is 1. The Hall–Kier alpha value is -2.58. The fourth-order valence-electron chi connectivity index (χ4n) is 4.49. The largest absolute Gasteiger partial charge is 0.466 e. The molecule has 0 radical (unpaired) electrons. The lowest BCUT2D eigenvalue weighted by Gasteiger charge is -2.38. The molecule has 0 N–H and O–H groups in total. The topological polar surface area (TPSA) is 65.5 Å². The molecule has 32 heavy (non-hydrogen) atoms. The molecule has 1 unspecified atom stereocenters. The van der Waals surface area contributed by atoms with Gasteiger partial charge in [0.15, 0.2) is 5.17 Å². The fourth-order valence-corrected chi connectivity index (χ4v) is 5.45. The van der Waals surface area contributed by atoms with Gasteiger partial charge in [-0.1, -0.05) is 35.5 Å². The third-order valence-corrected chi connectivity index (χ3v) is 7.20. The van der Waals surface area contributed by atoms with Crippen LogP contribution in [0, 0.1) is 13.8 Å². The minimum atomic E-state index is -0.392. The molecule has 4 rings (SSSR count). The second-order valence-corrected chi connectivity index (χ2v) is 9.44. The van der Waals surface area contributed by atoms with E-state index in [2.05, 4.69) is 48.9 Å². The Kier molecular flexibility index (Phi) is 6.44. The van der Waals surface area contributed by atoms with Gasteiger partial charge in [0, 0.05) is 31.9 Å². The van der Waals surface area contributed by atoms with Gasteiger partial charge in [0.1, 0.15) is 0 Å². The molecule has 1 fully saturated rings. The number of likely N-dealkylation sites (N-methyl/N-ethyl adjacent to an activating group) is 1. The van der Waals surface area contributed by atoms with E-state index in [0.717, 1.165) is 53.7 Å². The zero-order chi connectivity index (χ0) is 23.0. The lowest BCUT2D eigenvalue weighted by molar-refractivity contribution is -0.136. The van der Waals surface area contributed by atoms with Crippen LogP contribution >= 0.6 is 11.8 Å². The van der Waals surface area contributed by atoms with Crippen LogP contribution in [0.25, 0.3) is 0 Å². The number of hydrogen-bond acceptors (Lipinski definition) is 7. The summed E-state index contributed by atoms with van der Waals surface area (Å²) in [6.45, 7) is 9.21. The third kappa shape index (κ3) is 4.21. The van der Waals surface area contributed by atoms with Gasteiger partial charge in [0.25, 0.3) is 0 Å². The number of methoxy groups -OCH3 is 1. The normalized spacial score (nSPS) is 21.3. The number of nitrogens with zero attached hydrogens (tertiary/aromatic N) is 4. The first-order chi connectivity index (χ1) is 15.3. The number of hydrogen-bond donors (Lipinski definition) is 0. The first-order valence-electron chi connectivity index (χ1n) is 10.9. The van der Waals surface area contributed by atoms with Crippen molar-refractivity contribution in [2.75, 3.05) is 40.3 Å².